The molecule has 1 saturated carbocycles. The van der Waals surface area contributed by atoms with E-state index in [9.17, 15) is 0 Å². The van der Waals surface area contributed by atoms with Gasteiger partial charge in [-0.25, -0.2) is 0 Å². The Balaban J connectivity index is 2.23. The second-order valence-corrected chi connectivity index (χ2v) is 6.62. The molecular formula is C18H30N2. The SMILES string of the molecule is CCN(c1ccccc1C)C1CC(C(C)C)CCC1N. The van der Waals surface area contributed by atoms with Gasteiger partial charge in [0.1, 0.15) is 0 Å². The Labute approximate surface area is 124 Å². The number of anilines is 1. The van der Waals surface area contributed by atoms with Gasteiger partial charge < -0.3 is 10.6 Å². The van der Waals surface area contributed by atoms with Gasteiger partial charge in [-0.05, 0) is 56.6 Å². The van der Waals surface area contributed by atoms with E-state index in [4.69, 9.17) is 5.73 Å². The summed E-state index contributed by atoms with van der Waals surface area (Å²) >= 11 is 0. The second kappa shape index (κ2) is 6.62. The van der Waals surface area contributed by atoms with E-state index in [0.29, 0.717) is 12.1 Å². The number of benzene rings is 1. The molecule has 0 amide bonds. The number of aryl methyl sites for hydroxylation is 1. The largest absolute Gasteiger partial charge is 0.367 e. The Morgan fingerprint density at radius 3 is 2.55 bits per heavy atom. The highest BCUT2D eigenvalue weighted by Gasteiger charge is 2.33. The fraction of sp³-hybridized carbons (Fsp3) is 0.667. The molecule has 2 N–H and O–H groups in total. The summed E-state index contributed by atoms with van der Waals surface area (Å²) in [4.78, 5) is 2.54. The Morgan fingerprint density at radius 1 is 1.25 bits per heavy atom. The van der Waals surface area contributed by atoms with Crippen LogP contribution in [-0.4, -0.2) is 18.6 Å². The van der Waals surface area contributed by atoms with Gasteiger partial charge in [-0.2, -0.15) is 0 Å². The molecule has 0 aliphatic heterocycles. The van der Waals surface area contributed by atoms with Crippen molar-refractivity contribution >= 4 is 5.69 Å². The smallest absolute Gasteiger partial charge is 0.0443 e. The Bertz CT molecular complexity index is 427. The Hall–Kier alpha value is -1.02. The first kappa shape index (κ1) is 15.4. The van der Waals surface area contributed by atoms with Crippen LogP contribution in [0.5, 0.6) is 0 Å². The summed E-state index contributed by atoms with van der Waals surface area (Å²) in [6, 6.07) is 9.49. The highest BCUT2D eigenvalue weighted by molar-refractivity contribution is 5.54. The van der Waals surface area contributed by atoms with Crippen molar-refractivity contribution in [2.75, 3.05) is 11.4 Å². The minimum atomic E-state index is 0.310. The first-order valence-electron chi connectivity index (χ1n) is 8.12. The monoisotopic (exact) mass is 274 g/mol. The zero-order valence-electron chi connectivity index (χ0n) is 13.5. The lowest BCUT2D eigenvalue weighted by Crippen LogP contribution is -2.52. The Kier molecular flexibility index (Phi) is 5.09. The maximum Gasteiger partial charge on any atom is 0.0443 e. The summed E-state index contributed by atoms with van der Waals surface area (Å²) in [5.41, 5.74) is 9.18. The fourth-order valence-electron chi connectivity index (χ4n) is 3.63. The van der Waals surface area contributed by atoms with Crippen molar-refractivity contribution in [2.24, 2.45) is 17.6 Å². The lowest BCUT2D eigenvalue weighted by Gasteiger charge is -2.43. The number of hydrogen-bond acceptors (Lipinski definition) is 2. The van der Waals surface area contributed by atoms with Crippen molar-refractivity contribution < 1.29 is 0 Å². The van der Waals surface area contributed by atoms with E-state index in [1.165, 1.54) is 24.1 Å². The van der Waals surface area contributed by atoms with Crippen molar-refractivity contribution in [3.05, 3.63) is 29.8 Å². The highest BCUT2D eigenvalue weighted by Crippen LogP contribution is 2.34. The van der Waals surface area contributed by atoms with Crippen LogP contribution in [0.15, 0.2) is 24.3 Å². The molecule has 3 atom stereocenters. The van der Waals surface area contributed by atoms with Gasteiger partial charge in [0.25, 0.3) is 0 Å². The summed E-state index contributed by atoms with van der Waals surface area (Å²) in [5, 5.41) is 0. The minimum Gasteiger partial charge on any atom is -0.367 e. The molecule has 112 valence electrons. The van der Waals surface area contributed by atoms with E-state index in [0.717, 1.165) is 24.8 Å². The standard InChI is InChI=1S/C18H30N2/c1-5-20(17-9-7-6-8-14(17)4)18-12-15(13(2)3)10-11-16(18)19/h6-9,13,15-16,18H,5,10-12,19H2,1-4H3. The van der Waals surface area contributed by atoms with Gasteiger partial charge in [-0.3, -0.25) is 0 Å². The fourth-order valence-corrected chi connectivity index (χ4v) is 3.63. The molecule has 3 unspecified atom stereocenters. The number of nitrogens with two attached hydrogens (primary N) is 1. The molecule has 0 bridgehead atoms. The van der Waals surface area contributed by atoms with Crippen LogP contribution in [0.3, 0.4) is 0 Å². The second-order valence-electron chi connectivity index (χ2n) is 6.62. The van der Waals surface area contributed by atoms with E-state index < -0.39 is 0 Å². The van der Waals surface area contributed by atoms with Crippen molar-refractivity contribution in [2.45, 2.75) is 59.0 Å². The molecule has 1 aliphatic carbocycles. The summed E-state index contributed by atoms with van der Waals surface area (Å²) in [6.45, 7) is 10.2. The zero-order valence-corrected chi connectivity index (χ0v) is 13.5. The van der Waals surface area contributed by atoms with Crippen molar-refractivity contribution in [3.63, 3.8) is 0 Å². The molecule has 1 aromatic carbocycles. The first-order valence-corrected chi connectivity index (χ1v) is 8.12. The predicted octanol–water partition coefficient (Wildman–Crippen LogP) is 3.97. The normalized spacial score (nSPS) is 26.8. The van der Waals surface area contributed by atoms with Crippen LogP contribution in [0.1, 0.15) is 45.6 Å². The summed E-state index contributed by atoms with van der Waals surface area (Å²) in [6.07, 6.45) is 3.69. The molecule has 0 spiro atoms. The van der Waals surface area contributed by atoms with Crippen LogP contribution < -0.4 is 10.6 Å². The van der Waals surface area contributed by atoms with Crippen LogP contribution in [0.25, 0.3) is 0 Å². The van der Waals surface area contributed by atoms with Crippen LogP contribution in [0, 0.1) is 18.8 Å². The van der Waals surface area contributed by atoms with Gasteiger partial charge in [0.05, 0.1) is 0 Å². The molecule has 2 nitrogen and oxygen atoms in total. The molecule has 1 aliphatic rings. The molecule has 20 heavy (non-hydrogen) atoms. The molecule has 2 heteroatoms. The van der Waals surface area contributed by atoms with Crippen molar-refractivity contribution in [1.29, 1.82) is 0 Å². The van der Waals surface area contributed by atoms with Crippen LogP contribution in [0.4, 0.5) is 5.69 Å². The van der Waals surface area contributed by atoms with E-state index >= 15 is 0 Å². The molecule has 1 aromatic rings. The molecule has 0 heterocycles. The van der Waals surface area contributed by atoms with Gasteiger partial charge in [-0.15, -0.1) is 0 Å². The number of likely N-dealkylation sites (N-methyl/N-ethyl adjacent to an activating group) is 1. The molecule has 2 rings (SSSR count). The van der Waals surface area contributed by atoms with Crippen LogP contribution >= 0.6 is 0 Å². The van der Waals surface area contributed by atoms with Gasteiger partial charge in [-0.1, -0.05) is 32.0 Å². The van der Waals surface area contributed by atoms with E-state index in [-0.39, 0.29) is 0 Å². The molecule has 1 fully saturated rings. The van der Waals surface area contributed by atoms with E-state index in [1.54, 1.807) is 0 Å². The number of rotatable bonds is 4. The number of nitrogens with zero attached hydrogens (tertiary/aromatic N) is 1. The van der Waals surface area contributed by atoms with Crippen molar-refractivity contribution in [1.82, 2.24) is 0 Å². The molecule has 0 aromatic heterocycles. The number of hydrogen-bond donors (Lipinski definition) is 1. The highest BCUT2D eigenvalue weighted by atomic mass is 15.2. The third kappa shape index (κ3) is 3.17. The van der Waals surface area contributed by atoms with Gasteiger partial charge in [0.15, 0.2) is 0 Å². The zero-order chi connectivity index (χ0) is 14.7. The van der Waals surface area contributed by atoms with E-state index in [1.807, 2.05) is 0 Å². The van der Waals surface area contributed by atoms with Gasteiger partial charge >= 0.3 is 0 Å². The predicted molar refractivity (Wildman–Crippen MR) is 88.1 cm³/mol. The number of para-hydroxylation sites is 1. The quantitative estimate of drug-likeness (QED) is 0.900. The van der Waals surface area contributed by atoms with Crippen molar-refractivity contribution in [3.8, 4) is 0 Å². The summed E-state index contributed by atoms with van der Waals surface area (Å²) in [7, 11) is 0. The topological polar surface area (TPSA) is 29.3 Å². The lowest BCUT2D eigenvalue weighted by molar-refractivity contribution is 0.227. The van der Waals surface area contributed by atoms with Crippen LogP contribution in [0.2, 0.25) is 0 Å². The maximum absolute atomic E-state index is 6.46. The molecule has 0 saturated heterocycles. The van der Waals surface area contributed by atoms with Gasteiger partial charge in [0.2, 0.25) is 0 Å². The van der Waals surface area contributed by atoms with Gasteiger partial charge in [0, 0.05) is 24.3 Å². The molecule has 0 radical (unpaired) electrons. The summed E-state index contributed by atoms with van der Waals surface area (Å²) < 4.78 is 0. The third-order valence-corrected chi connectivity index (χ3v) is 5.02. The molecular weight excluding hydrogens is 244 g/mol. The first-order chi connectivity index (χ1) is 9.54. The minimum absolute atomic E-state index is 0.310. The Morgan fingerprint density at radius 2 is 1.95 bits per heavy atom. The summed E-state index contributed by atoms with van der Waals surface area (Å²) in [5.74, 6) is 1.58. The lowest BCUT2D eigenvalue weighted by atomic mass is 9.76. The van der Waals surface area contributed by atoms with E-state index in [2.05, 4.69) is 56.9 Å². The average molecular weight is 274 g/mol. The van der Waals surface area contributed by atoms with Crippen LogP contribution in [-0.2, 0) is 0 Å². The maximum atomic E-state index is 6.46. The average Bonchev–Trinajstić information content (AvgIpc) is 2.43. The third-order valence-electron chi connectivity index (χ3n) is 5.02.